The van der Waals surface area contributed by atoms with Crippen LogP contribution in [0.1, 0.15) is 27.6 Å². The number of piperazine rings is 1. The van der Waals surface area contributed by atoms with Crippen molar-refractivity contribution in [3.63, 3.8) is 0 Å². The fourth-order valence-electron chi connectivity index (χ4n) is 2.96. The maximum atomic E-state index is 13.8. The van der Waals surface area contributed by atoms with E-state index in [1.54, 1.807) is 46.2 Å². The van der Waals surface area contributed by atoms with E-state index in [0.717, 1.165) is 5.75 Å². The van der Waals surface area contributed by atoms with Gasteiger partial charge in [-0.15, -0.1) is 0 Å². The van der Waals surface area contributed by atoms with Crippen LogP contribution in [0.2, 0.25) is 0 Å². The summed E-state index contributed by atoms with van der Waals surface area (Å²) in [5, 5.41) is 0. The van der Waals surface area contributed by atoms with Crippen LogP contribution in [-0.4, -0.2) is 54.4 Å². The van der Waals surface area contributed by atoms with E-state index in [2.05, 4.69) is 0 Å². The average molecular weight is 356 g/mol. The first-order valence-corrected chi connectivity index (χ1v) is 8.66. The molecule has 2 aromatic rings. The van der Waals surface area contributed by atoms with Gasteiger partial charge in [0, 0.05) is 31.7 Å². The molecule has 0 N–H and O–H groups in total. The van der Waals surface area contributed by atoms with Gasteiger partial charge in [0.25, 0.3) is 11.8 Å². The molecule has 1 aliphatic rings. The van der Waals surface area contributed by atoms with Crippen LogP contribution in [0.15, 0.2) is 48.5 Å². The number of rotatable bonds is 4. The minimum Gasteiger partial charge on any atom is -0.494 e. The van der Waals surface area contributed by atoms with E-state index in [-0.39, 0.29) is 17.4 Å². The largest absolute Gasteiger partial charge is 0.494 e. The fourth-order valence-corrected chi connectivity index (χ4v) is 2.96. The smallest absolute Gasteiger partial charge is 0.256 e. The monoisotopic (exact) mass is 356 g/mol. The summed E-state index contributed by atoms with van der Waals surface area (Å²) in [7, 11) is 0. The van der Waals surface area contributed by atoms with Gasteiger partial charge >= 0.3 is 0 Å². The van der Waals surface area contributed by atoms with Crippen LogP contribution in [0.3, 0.4) is 0 Å². The van der Waals surface area contributed by atoms with Gasteiger partial charge in [-0.05, 0) is 43.3 Å². The van der Waals surface area contributed by atoms with Gasteiger partial charge in [0.05, 0.1) is 12.2 Å². The third-order valence-electron chi connectivity index (χ3n) is 4.37. The van der Waals surface area contributed by atoms with E-state index in [9.17, 15) is 14.0 Å². The number of halogens is 1. The molecule has 5 nitrogen and oxygen atoms in total. The lowest BCUT2D eigenvalue weighted by Crippen LogP contribution is -2.50. The summed E-state index contributed by atoms with van der Waals surface area (Å²) in [6, 6.07) is 13.0. The highest BCUT2D eigenvalue weighted by Crippen LogP contribution is 2.16. The molecule has 0 unspecified atom stereocenters. The van der Waals surface area contributed by atoms with Crippen molar-refractivity contribution in [3.8, 4) is 5.75 Å². The third kappa shape index (κ3) is 3.85. The van der Waals surface area contributed by atoms with Gasteiger partial charge in [0.2, 0.25) is 0 Å². The Morgan fingerprint density at radius 3 is 2.08 bits per heavy atom. The first kappa shape index (κ1) is 17.9. The molecule has 2 amide bonds. The molecule has 0 bridgehead atoms. The molecule has 0 radical (unpaired) electrons. The molecule has 26 heavy (non-hydrogen) atoms. The van der Waals surface area contributed by atoms with E-state index in [1.807, 2.05) is 6.92 Å². The van der Waals surface area contributed by atoms with Gasteiger partial charge in [-0.1, -0.05) is 12.1 Å². The van der Waals surface area contributed by atoms with Gasteiger partial charge in [0.15, 0.2) is 0 Å². The SMILES string of the molecule is CCOc1ccc(C(=O)N2CCN(C(=O)c3ccccc3F)CC2)cc1. The normalized spacial score (nSPS) is 14.2. The maximum absolute atomic E-state index is 13.8. The van der Waals surface area contributed by atoms with Crippen LogP contribution in [0.4, 0.5) is 4.39 Å². The standard InChI is InChI=1S/C20H21FN2O3/c1-2-26-16-9-7-15(8-10-16)19(24)22-11-13-23(14-12-22)20(25)17-5-3-4-6-18(17)21/h3-10H,2,11-14H2,1H3. The highest BCUT2D eigenvalue weighted by atomic mass is 19.1. The molecular formula is C20H21FN2O3. The molecule has 3 rings (SSSR count). The lowest BCUT2D eigenvalue weighted by molar-refractivity contribution is 0.0533. The predicted octanol–water partition coefficient (Wildman–Crippen LogP) is 2.82. The minimum absolute atomic E-state index is 0.0683. The van der Waals surface area contributed by atoms with E-state index >= 15 is 0 Å². The average Bonchev–Trinajstić information content (AvgIpc) is 2.68. The van der Waals surface area contributed by atoms with Crippen LogP contribution >= 0.6 is 0 Å². The fraction of sp³-hybridized carbons (Fsp3) is 0.300. The van der Waals surface area contributed by atoms with Crippen molar-refractivity contribution in [1.29, 1.82) is 0 Å². The Balaban J connectivity index is 1.60. The molecule has 0 aliphatic carbocycles. The zero-order valence-corrected chi connectivity index (χ0v) is 14.7. The number of hydrogen-bond donors (Lipinski definition) is 0. The van der Waals surface area contributed by atoms with Crippen LogP contribution in [0.5, 0.6) is 5.75 Å². The number of hydrogen-bond acceptors (Lipinski definition) is 3. The van der Waals surface area contributed by atoms with E-state index in [1.165, 1.54) is 12.1 Å². The number of carbonyl (C=O) groups is 2. The first-order valence-electron chi connectivity index (χ1n) is 8.66. The number of amides is 2. The van der Waals surface area contributed by atoms with Crippen molar-refractivity contribution >= 4 is 11.8 Å². The lowest BCUT2D eigenvalue weighted by Gasteiger charge is -2.35. The van der Waals surface area contributed by atoms with E-state index in [0.29, 0.717) is 38.3 Å². The third-order valence-corrected chi connectivity index (χ3v) is 4.37. The summed E-state index contributed by atoms with van der Waals surface area (Å²) >= 11 is 0. The van der Waals surface area contributed by atoms with Crippen molar-refractivity contribution in [3.05, 3.63) is 65.5 Å². The van der Waals surface area contributed by atoms with Gasteiger partial charge in [-0.25, -0.2) is 4.39 Å². The first-order chi connectivity index (χ1) is 12.6. The van der Waals surface area contributed by atoms with Gasteiger partial charge < -0.3 is 14.5 Å². The van der Waals surface area contributed by atoms with Gasteiger partial charge in [0.1, 0.15) is 11.6 Å². The highest BCUT2D eigenvalue weighted by molar-refractivity contribution is 5.96. The second-order valence-corrected chi connectivity index (χ2v) is 6.02. The van der Waals surface area contributed by atoms with E-state index in [4.69, 9.17) is 4.74 Å². The Kier molecular flexibility index (Phi) is 5.51. The summed E-state index contributed by atoms with van der Waals surface area (Å²) in [5.41, 5.74) is 0.654. The van der Waals surface area contributed by atoms with Crippen molar-refractivity contribution < 1.29 is 18.7 Å². The molecule has 0 aromatic heterocycles. The van der Waals surface area contributed by atoms with Crippen LogP contribution in [-0.2, 0) is 0 Å². The maximum Gasteiger partial charge on any atom is 0.256 e. The number of ether oxygens (including phenoxy) is 1. The molecular weight excluding hydrogens is 335 g/mol. The minimum atomic E-state index is -0.523. The quantitative estimate of drug-likeness (QED) is 0.846. The molecule has 0 saturated carbocycles. The molecule has 6 heteroatoms. The molecule has 2 aromatic carbocycles. The second kappa shape index (κ2) is 7.99. The van der Waals surface area contributed by atoms with Crippen LogP contribution in [0.25, 0.3) is 0 Å². The molecule has 1 fully saturated rings. The Labute approximate surface area is 152 Å². The molecule has 0 spiro atoms. The molecule has 0 atom stereocenters. The lowest BCUT2D eigenvalue weighted by atomic mass is 10.1. The molecule has 1 aliphatic heterocycles. The van der Waals surface area contributed by atoms with Crippen molar-refractivity contribution in [2.75, 3.05) is 32.8 Å². The molecule has 1 saturated heterocycles. The van der Waals surface area contributed by atoms with Crippen molar-refractivity contribution in [2.24, 2.45) is 0 Å². The summed E-state index contributed by atoms with van der Waals surface area (Å²) in [4.78, 5) is 28.3. The van der Waals surface area contributed by atoms with Gasteiger partial charge in [-0.3, -0.25) is 9.59 Å². The predicted molar refractivity (Wildman–Crippen MR) is 95.8 cm³/mol. The van der Waals surface area contributed by atoms with Crippen LogP contribution in [0, 0.1) is 5.82 Å². The highest BCUT2D eigenvalue weighted by Gasteiger charge is 2.26. The Bertz CT molecular complexity index is 784. The summed E-state index contributed by atoms with van der Waals surface area (Å²) in [6.45, 7) is 4.09. The molecule has 1 heterocycles. The summed E-state index contributed by atoms with van der Waals surface area (Å²) < 4.78 is 19.2. The second-order valence-electron chi connectivity index (χ2n) is 6.02. The zero-order chi connectivity index (χ0) is 18.5. The van der Waals surface area contributed by atoms with Crippen LogP contribution < -0.4 is 4.74 Å². The molecule has 136 valence electrons. The Morgan fingerprint density at radius 1 is 0.923 bits per heavy atom. The van der Waals surface area contributed by atoms with Crippen molar-refractivity contribution in [1.82, 2.24) is 9.80 Å². The van der Waals surface area contributed by atoms with Gasteiger partial charge in [-0.2, -0.15) is 0 Å². The van der Waals surface area contributed by atoms with E-state index < -0.39 is 5.82 Å². The summed E-state index contributed by atoms with van der Waals surface area (Å²) in [6.07, 6.45) is 0. The Morgan fingerprint density at radius 2 is 1.50 bits per heavy atom. The number of nitrogens with zero attached hydrogens (tertiary/aromatic N) is 2. The Hall–Kier alpha value is -2.89. The summed E-state index contributed by atoms with van der Waals surface area (Å²) in [5.74, 6) is -0.211. The van der Waals surface area contributed by atoms with Crippen molar-refractivity contribution in [2.45, 2.75) is 6.92 Å². The number of carbonyl (C=O) groups excluding carboxylic acids is 2. The number of benzene rings is 2. The topological polar surface area (TPSA) is 49.9 Å². The zero-order valence-electron chi connectivity index (χ0n) is 14.7.